The van der Waals surface area contributed by atoms with Gasteiger partial charge in [-0.1, -0.05) is 11.2 Å². The van der Waals surface area contributed by atoms with Crippen LogP contribution in [0.15, 0.2) is 28.8 Å². The van der Waals surface area contributed by atoms with E-state index in [9.17, 15) is 4.79 Å². The molecule has 1 fully saturated rings. The van der Waals surface area contributed by atoms with E-state index in [2.05, 4.69) is 10.1 Å². The molecule has 0 saturated carbocycles. The Hall–Kier alpha value is -2.41. The molecule has 0 spiro atoms. The summed E-state index contributed by atoms with van der Waals surface area (Å²) in [5.74, 6) is 1.26. The Kier molecular flexibility index (Phi) is 3.83. The van der Waals surface area contributed by atoms with Crippen molar-refractivity contribution in [1.29, 1.82) is 0 Å². The summed E-state index contributed by atoms with van der Waals surface area (Å²) in [5.41, 5.74) is 5.78. The van der Waals surface area contributed by atoms with Gasteiger partial charge in [-0.15, -0.1) is 0 Å². The van der Waals surface area contributed by atoms with Crippen molar-refractivity contribution in [2.45, 2.75) is 12.3 Å². The molecule has 1 aromatic carbocycles. The maximum Gasteiger partial charge on any atom is 0.258 e. The number of ether oxygens (including phenoxy) is 2. The third kappa shape index (κ3) is 3.19. The van der Waals surface area contributed by atoms with E-state index in [-0.39, 0.29) is 12.5 Å². The van der Waals surface area contributed by atoms with E-state index in [0.717, 1.165) is 18.6 Å². The number of amides is 1. The number of hydrogen-bond acceptors (Lipinski definition) is 6. The number of carbonyl (C=O) groups is 1. The van der Waals surface area contributed by atoms with E-state index in [1.165, 1.54) is 0 Å². The van der Waals surface area contributed by atoms with E-state index in [1.54, 1.807) is 18.2 Å². The molecule has 1 atom stereocenters. The minimum atomic E-state index is -0.526. The van der Waals surface area contributed by atoms with Gasteiger partial charge in [-0.2, -0.15) is 4.98 Å². The molecule has 1 aliphatic rings. The molecule has 0 aliphatic carbocycles. The molecule has 7 heteroatoms. The Balaban J connectivity index is 1.76. The zero-order chi connectivity index (χ0) is 14.7. The van der Waals surface area contributed by atoms with Crippen LogP contribution in [-0.4, -0.2) is 35.9 Å². The van der Waals surface area contributed by atoms with Crippen molar-refractivity contribution in [3.05, 3.63) is 30.1 Å². The van der Waals surface area contributed by atoms with Gasteiger partial charge in [0.25, 0.3) is 11.8 Å². The molecule has 7 nitrogen and oxygen atoms in total. The monoisotopic (exact) mass is 289 g/mol. The van der Waals surface area contributed by atoms with Gasteiger partial charge in [0.2, 0.25) is 0 Å². The van der Waals surface area contributed by atoms with Crippen molar-refractivity contribution in [1.82, 2.24) is 10.1 Å². The van der Waals surface area contributed by atoms with Crippen LogP contribution >= 0.6 is 0 Å². The molecule has 2 heterocycles. The predicted molar refractivity (Wildman–Crippen MR) is 72.6 cm³/mol. The Morgan fingerprint density at radius 3 is 3.14 bits per heavy atom. The molecule has 1 amide bonds. The van der Waals surface area contributed by atoms with E-state index in [0.29, 0.717) is 24.1 Å². The summed E-state index contributed by atoms with van der Waals surface area (Å²) < 4.78 is 15.8. The molecule has 0 radical (unpaired) electrons. The fraction of sp³-hybridized carbons (Fsp3) is 0.357. The standard InChI is InChI=1S/C14H15N3O4/c15-12(18)8-20-11-3-1-2-9(6-11)14-16-13(17-21-14)10-4-5-19-7-10/h1-3,6,10H,4-5,7-8H2,(H2,15,18)/t10-/m0/s1. The normalized spacial score (nSPS) is 17.8. The maximum absolute atomic E-state index is 10.7. The highest BCUT2D eigenvalue weighted by atomic mass is 16.5. The van der Waals surface area contributed by atoms with Crippen LogP contribution in [0.1, 0.15) is 18.2 Å². The molecule has 1 saturated heterocycles. The Morgan fingerprint density at radius 1 is 1.48 bits per heavy atom. The van der Waals surface area contributed by atoms with Gasteiger partial charge in [0.05, 0.1) is 6.61 Å². The Morgan fingerprint density at radius 2 is 2.38 bits per heavy atom. The van der Waals surface area contributed by atoms with E-state index in [4.69, 9.17) is 19.7 Å². The number of benzene rings is 1. The topological polar surface area (TPSA) is 100 Å². The molecule has 21 heavy (non-hydrogen) atoms. The Labute approximate surface area is 121 Å². The minimum Gasteiger partial charge on any atom is -0.484 e. The van der Waals surface area contributed by atoms with Gasteiger partial charge in [-0.3, -0.25) is 4.79 Å². The van der Waals surface area contributed by atoms with Crippen molar-refractivity contribution in [2.75, 3.05) is 19.8 Å². The number of hydrogen-bond donors (Lipinski definition) is 1. The number of rotatable bonds is 5. The minimum absolute atomic E-state index is 0.169. The maximum atomic E-state index is 10.7. The van der Waals surface area contributed by atoms with Crippen LogP contribution in [0.25, 0.3) is 11.5 Å². The molecule has 0 bridgehead atoms. The predicted octanol–water partition coefficient (Wildman–Crippen LogP) is 1.10. The molecular formula is C14H15N3O4. The lowest BCUT2D eigenvalue weighted by Gasteiger charge is -2.04. The summed E-state index contributed by atoms with van der Waals surface area (Å²) >= 11 is 0. The van der Waals surface area contributed by atoms with Gasteiger partial charge in [0, 0.05) is 18.1 Å². The van der Waals surface area contributed by atoms with Crippen molar-refractivity contribution in [3.8, 4) is 17.2 Å². The molecule has 2 N–H and O–H groups in total. The summed E-state index contributed by atoms with van der Waals surface area (Å²) in [6, 6.07) is 7.08. The van der Waals surface area contributed by atoms with Gasteiger partial charge in [-0.25, -0.2) is 0 Å². The summed E-state index contributed by atoms with van der Waals surface area (Å²) in [7, 11) is 0. The van der Waals surface area contributed by atoms with Gasteiger partial charge >= 0.3 is 0 Å². The second kappa shape index (κ2) is 5.92. The average molecular weight is 289 g/mol. The zero-order valence-corrected chi connectivity index (χ0v) is 11.3. The van der Waals surface area contributed by atoms with Crippen molar-refractivity contribution < 1.29 is 18.8 Å². The lowest BCUT2D eigenvalue weighted by molar-refractivity contribution is -0.119. The van der Waals surface area contributed by atoms with Crippen LogP contribution in [0, 0.1) is 0 Å². The number of nitrogens with zero attached hydrogens (tertiary/aromatic N) is 2. The summed E-state index contributed by atoms with van der Waals surface area (Å²) in [4.78, 5) is 15.1. The highest BCUT2D eigenvalue weighted by molar-refractivity contribution is 5.75. The quantitative estimate of drug-likeness (QED) is 0.884. The molecule has 0 unspecified atom stereocenters. The van der Waals surface area contributed by atoms with Crippen LogP contribution < -0.4 is 10.5 Å². The third-order valence-electron chi connectivity index (χ3n) is 3.20. The number of carbonyl (C=O) groups excluding carboxylic acids is 1. The van der Waals surface area contributed by atoms with Crippen LogP contribution in [0.2, 0.25) is 0 Å². The van der Waals surface area contributed by atoms with E-state index >= 15 is 0 Å². The summed E-state index contributed by atoms with van der Waals surface area (Å²) in [6.45, 7) is 1.18. The average Bonchev–Trinajstić information content (AvgIpc) is 3.16. The first kappa shape index (κ1) is 13.6. The first-order valence-electron chi connectivity index (χ1n) is 6.65. The molecule has 3 rings (SSSR count). The molecule has 110 valence electrons. The van der Waals surface area contributed by atoms with Crippen LogP contribution in [0.3, 0.4) is 0 Å². The molecule has 2 aromatic rings. The molecular weight excluding hydrogens is 274 g/mol. The fourth-order valence-electron chi connectivity index (χ4n) is 2.13. The first-order valence-corrected chi connectivity index (χ1v) is 6.65. The highest BCUT2D eigenvalue weighted by Gasteiger charge is 2.23. The summed E-state index contributed by atoms with van der Waals surface area (Å²) in [5, 5.41) is 4.00. The van der Waals surface area contributed by atoms with Gasteiger partial charge < -0.3 is 19.7 Å². The zero-order valence-electron chi connectivity index (χ0n) is 11.3. The lowest BCUT2D eigenvalue weighted by atomic mass is 10.1. The highest BCUT2D eigenvalue weighted by Crippen LogP contribution is 2.27. The van der Waals surface area contributed by atoms with Gasteiger partial charge in [-0.05, 0) is 24.6 Å². The van der Waals surface area contributed by atoms with Crippen LogP contribution in [0.5, 0.6) is 5.75 Å². The number of primary amides is 1. The first-order chi connectivity index (χ1) is 10.2. The van der Waals surface area contributed by atoms with Crippen LogP contribution in [0.4, 0.5) is 0 Å². The number of nitrogens with two attached hydrogens (primary N) is 1. The second-order valence-corrected chi connectivity index (χ2v) is 4.80. The van der Waals surface area contributed by atoms with Crippen molar-refractivity contribution >= 4 is 5.91 Å². The fourth-order valence-corrected chi connectivity index (χ4v) is 2.13. The van der Waals surface area contributed by atoms with Crippen molar-refractivity contribution in [3.63, 3.8) is 0 Å². The smallest absolute Gasteiger partial charge is 0.258 e. The lowest BCUT2D eigenvalue weighted by Crippen LogP contribution is -2.19. The third-order valence-corrected chi connectivity index (χ3v) is 3.20. The van der Waals surface area contributed by atoms with E-state index < -0.39 is 5.91 Å². The SMILES string of the molecule is NC(=O)COc1cccc(-c2nc([C@H]3CCOC3)no2)c1. The van der Waals surface area contributed by atoms with Gasteiger partial charge in [0.15, 0.2) is 12.4 Å². The van der Waals surface area contributed by atoms with Gasteiger partial charge in [0.1, 0.15) is 5.75 Å². The van der Waals surface area contributed by atoms with Crippen LogP contribution in [-0.2, 0) is 9.53 Å². The van der Waals surface area contributed by atoms with E-state index in [1.807, 2.05) is 6.07 Å². The Bertz CT molecular complexity index is 635. The second-order valence-electron chi connectivity index (χ2n) is 4.80. The number of aromatic nitrogens is 2. The molecule has 1 aromatic heterocycles. The molecule has 1 aliphatic heterocycles. The largest absolute Gasteiger partial charge is 0.484 e. The summed E-state index contributed by atoms with van der Waals surface area (Å²) in [6.07, 6.45) is 0.904. The van der Waals surface area contributed by atoms with Crippen molar-refractivity contribution in [2.24, 2.45) is 5.73 Å².